The molecule has 0 saturated heterocycles. The first-order valence-corrected chi connectivity index (χ1v) is 9.87. The van der Waals surface area contributed by atoms with Gasteiger partial charge >= 0.3 is 0 Å². The molecule has 0 N–H and O–H groups in total. The van der Waals surface area contributed by atoms with Gasteiger partial charge in [0.25, 0.3) is 0 Å². The minimum absolute atomic E-state index is 0.0722. The first kappa shape index (κ1) is 19.2. The van der Waals surface area contributed by atoms with Crippen molar-refractivity contribution in [3.63, 3.8) is 0 Å². The molecule has 1 atom stereocenters. The minimum Gasteiger partial charge on any atom is -0.486 e. The van der Waals surface area contributed by atoms with E-state index >= 15 is 0 Å². The molecule has 0 fully saturated rings. The number of hydrogen-bond donors (Lipinski definition) is 0. The third-order valence-corrected chi connectivity index (χ3v) is 5.35. The molecule has 0 saturated carbocycles. The van der Waals surface area contributed by atoms with E-state index in [2.05, 4.69) is 10.1 Å². The van der Waals surface area contributed by atoms with Crippen molar-refractivity contribution in [2.45, 2.75) is 39.7 Å². The Kier molecular flexibility index (Phi) is 5.13. The van der Waals surface area contributed by atoms with E-state index in [1.807, 2.05) is 62.7 Å². The van der Waals surface area contributed by atoms with Crippen molar-refractivity contribution in [1.82, 2.24) is 19.5 Å². The van der Waals surface area contributed by atoms with Crippen LogP contribution in [0.3, 0.4) is 0 Å². The summed E-state index contributed by atoms with van der Waals surface area (Å²) in [5.74, 6) is 1.55. The van der Waals surface area contributed by atoms with Gasteiger partial charge in [-0.15, -0.1) is 0 Å². The van der Waals surface area contributed by atoms with E-state index in [-0.39, 0.29) is 12.0 Å². The topological polar surface area (TPSA) is 69.0 Å². The summed E-state index contributed by atoms with van der Waals surface area (Å²) >= 11 is 0. The van der Waals surface area contributed by atoms with Crippen LogP contribution in [0.15, 0.2) is 30.3 Å². The number of para-hydroxylation sites is 2. The van der Waals surface area contributed by atoms with Gasteiger partial charge in [0.15, 0.2) is 23.3 Å². The average molecular weight is 394 g/mol. The van der Waals surface area contributed by atoms with Crippen LogP contribution >= 0.6 is 0 Å². The van der Waals surface area contributed by atoms with Gasteiger partial charge in [0.2, 0.25) is 5.91 Å². The van der Waals surface area contributed by atoms with E-state index < -0.39 is 0 Å². The third kappa shape index (κ3) is 3.90. The zero-order valence-electron chi connectivity index (χ0n) is 17.3. The largest absolute Gasteiger partial charge is 0.486 e. The number of ether oxygens (including phenoxy) is 2. The highest BCUT2D eigenvalue weighted by Gasteiger charge is 2.24. The van der Waals surface area contributed by atoms with Crippen LogP contribution in [0.1, 0.15) is 29.1 Å². The van der Waals surface area contributed by atoms with Crippen LogP contribution in [0.2, 0.25) is 0 Å². The molecule has 7 heteroatoms. The van der Waals surface area contributed by atoms with Gasteiger partial charge < -0.3 is 14.4 Å². The lowest BCUT2D eigenvalue weighted by Crippen LogP contribution is -2.41. The molecule has 7 nitrogen and oxygen atoms in total. The highest BCUT2D eigenvalue weighted by atomic mass is 16.6. The molecule has 0 bridgehead atoms. The van der Waals surface area contributed by atoms with E-state index in [0.29, 0.717) is 26.0 Å². The maximum Gasteiger partial charge on any atom is 0.222 e. The molecular weight excluding hydrogens is 368 g/mol. The summed E-state index contributed by atoms with van der Waals surface area (Å²) in [5.41, 5.74) is 4.85. The van der Waals surface area contributed by atoms with Gasteiger partial charge in [-0.1, -0.05) is 12.1 Å². The maximum absolute atomic E-state index is 12.7. The van der Waals surface area contributed by atoms with Crippen molar-refractivity contribution in [3.8, 4) is 11.5 Å². The summed E-state index contributed by atoms with van der Waals surface area (Å²) in [5, 5.41) is 4.50. The summed E-state index contributed by atoms with van der Waals surface area (Å²) < 4.78 is 13.6. The Labute approximate surface area is 170 Å². The normalized spacial score (nSPS) is 15.5. The van der Waals surface area contributed by atoms with Gasteiger partial charge in [-0.2, -0.15) is 5.10 Å². The zero-order valence-corrected chi connectivity index (χ0v) is 17.3. The quantitative estimate of drug-likeness (QED) is 0.666. The second kappa shape index (κ2) is 7.73. The number of fused-ring (bicyclic) bond motifs is 2. The van der Waals surface area contributed by atoms with E-state index in [4.69, 9.17) is 9.47 Å². The molecular formula is C22H26N4O3. The Hall–Kier alpha value is -3.09. The fourth-order valence-electron chi connectivity index (χ4n) is 3.79. The molecule has 4 rings (SSSR count). The van der Waals surface area contributed by atoms with Gasteiger partial charge in [0, 0.05) is 30.9 Å². The number of amides is 1. The van der Waals surface area contributed by atoms with Crippen LogP contribution in [-0.2, 0) is 11.2 Å². The molecule has 1 aliphatic heterocycles. The van der Waals surface area contributed by atoms with Crippen LogP contribution in [0.4, 0.5) is 0 Å². The molecule has 29 heavy (non-hydrogen) atoms. The molecule has 1 unspecified atom stereocenters. The summed E-state index contributed by atoms with van der Waals surface area (Å²) in [6.07, 6.45) is 0.871. The summed E-state index contributed by atoms with van der Waals surface area (Å²) in [6, 6.07) is 9.56. The first-order valence-electron chi connectivity index (χ1n) is 9.87. The van der Waals surface area contributed by atoms with Crippen LogP contribution in [0, 0.1) is 20.8 Å². The maximum atomic E-state index is 12.7. The number of benzene rings is 1. The molecule has 3 heterocycles. The van der Waals surface area contributed by atoms with Gasteiger partial charge in [-0.25, -0.2) is 9.50 Å². The second-order valence-corrected chi connectivity index (χ2v) is 7.59. The molecule has 1 amide bonds. The van der Waals surface area contributed by atoms with Crippen LogP contribution in [0.25, 0.3) is 5.65 Å². The van der Waals surface area contributed by atoms with Crippen molar-refractivity contribution in [1.29, 1.82) is 0 Å². The van der Waals surface area contributed by atoms with Crippen molar-refractivity contribution in [3.05, 3.63) is 53.0 Å². The fourth-order valence-corrected chi connectivity index (χ4v) is 3.79. The number of rotatable bonds is 5. The Balaban J connectivity index is 1.38. The molecule has 0 spiro atoms. The molecule has 1 aliphatic rings. The summed E-state index contributed by atoms with van der Waals surface area (Å²) in [6.45, 7) is 6.90. The lowest BCUT2D eigenvalue weighted by atomic mass is 10.1. The lowest BCUT2D eigenvalue weighted by Gasteiger charge is -2.29. The highest BCUT2D eigenvalue weighted by molar-refractivity contribution is 5.76. The number of likely N-dealkylation sites (N-methyl/N-ethyl adjacent to an activating group) is 1. The van der Waals surface area contributed by atoms with E-state index in [1.54, 1.807) is 4.90 Å². The predicted octanol–water partition coefficient (Wildman–Crippen LogP) is 2.89. The number of hydrogen-bond acceptors (Lipinski definition) is 5. The van der Waals surface area contributed by atoms with Crippen LogP contribution < -0.4 is 9.47 Å². The van der Waals surface area contributed by atoms with Gasteiger partial charge in [0.1, 0.15) is 6.61 Å². The monoisotopic (exact) mass is 394 g/mol. The van der Waals surface area contributed by atoms with E-state index in [1.165, 1.54) is 0 Å². The zero-order chi connectivity index (χ0) is 20.5. The highest BCUT2D eigenvalue weighted by Crippen LogP contribution is 2.31. The number of nitrogens with zero attached hydrogens (tertiary/aromatic N) is 4. The predicted molar refractivity (Wildman–Crippen MR) is 110 cm³/mol. The molecule has 2 aromatic heterocycles. The average Bonchev–Trinajstić information content (AvgIpc) is 3.07. The number of aryl methyl sites for hydroxylation is 3. The van der Waals surface area contributed by atoms with Crippen LogP contribution in [-0.4, -0.2) is 51.7 Å². The van der Waals surface area contributed by atoms with E-state index in [9.17, 15) is 4.79 Å². The lowest BCUT2D eigenvalue weighted by molar-refractivity contribution is -0.131. The van der Waals surface area contributed by atoms with Gasteiger partial charge in [0.05, 0.1) is 12.2 Å². The first-order chi connectivity index (χ1) is 13.9. The Morgan fingerprint density at radius 3 is 2.79 bits per heavy atom. The van der Waals surface area contributed by atoms with Crippen molar-refractivity contribution >= 4 is 11.6 Å². The van der Waals surface area contributed by atoms with Crippen LogP contribution in [0.5, 0.6) is 11.5 Å². The number of carbonyl (C=O) groups is 1. The Bertz CT molecular complexity index is 1060. The van der Waals surface area contributed by atoms with Gasteiger partial charge in [-0.05, 0) is 44.9 Å². The summed E-state index contributed by atoms with van der Waals surface area (Å²) in [7, 11) is 1.81. The second-order valence-electron chi connectivity index (χ2n) is 7.59. The fraction of sp³-hybridized carbons (Fsp3) is 0.409. The summed E-state index contributed by atoms with van der Waals surface area (Å²) in [4.78, 5) is 19.1. The Morgan fingerprint density at radius 2 is 2.00 bits per heavy atom. The molecule has 0 radical (unpaired) electrons. The van der Waals surface area contributed by atoms with Gasteiger partial charge in [-0.3, -0.25) is 4.79 Å². The standard InChI is InChI=1S/C22H26N4O3/c1-14-11-21-23-15(2)18(16(3)26(21)24-14)9-10-22(27)25(4)12-17-13-28-19-7-5-6-8-20(19)29-17/h5-8,11,17H,9-10,12-13H2,1-4H3. The third-order valence-electron chi connectivity index (χ3n) is 5.35. The molecule has 0 aliphatic carbocycles. The molecule has 1 aromatic carbocycles. The SMILES string of the molecule is Cc1cc2nc(C)c(CCC(=O)N(C)CC3COc4ccccc4O3)c(C)n2n1. The molecule has 3 aromatic rings. The van der Waals surface area contributed by atoms with Crippen molar-refractivity contribution < 1.29 is 14.3 Å². The Morgan fingerprint density at radius 1 is 1.24 bits per heavy atom. The van der Waals surface area contributed by atoms with E-state index in [0.717, 1.165) is 39.8 Å². The number of aromatic nitrogens is 3. The van der Waals surface area contributed by atoms with Crippen molar-refractivity contribution in [2.75, 3.05) is 20.2 Å². The smallest absolute Gasteiger partial charge is 0.222 e. The minimum atomic E-state index is -0.174. The molecule has 152 valence electrons. The van der Waals surface area contributed by atoms with Crippen molar-refractivity contribution in [2.24, 2.45) is 0 Å². The number of carbonyl (C=O) groups excluding carboxylic acids is 1.